The number of rotatable bonds is 2. The molecular weight excluding hydrogens is 181 g/mol. The van der Waals surface area contributed by atoms with Crippen molar-refractivity contribution >= 4 is 5.69 Å². The summed E-state index contributed by atoms with van der Waals surface area (Å²) in [7, 11) is 0. The van der Waals surface area contributed by atoms with Crippen LogP contribution in [0.5, 0.6) is 0 Å². The third-order valence-corrected chi connectivity index (χ3v) is 1.89. The van der Waals surface area contributed by atoms with Crippen molar-refractivity contribution in [2.24, 2.45) is 0 Å². The highest BCUT2D eigenvalue weighted by Crippen LogP contribution is 2.06. The van der Waals surface area contributed by atoms with Gasteiger partial charge in [-0.25, -0.2) is 4.39 Å². The van der Waals surface area contributed by atoms with Crippen molar-refractivity contribution in [1.29, 1.82) is 0 Å². The first-order valence-electron chi connectivity index (χ1n) is 4.26. The lowest BCUT2D eigenvalue weighted by Crippen LogP contribution is -1.99. The molecule has 3 nitrogen and oxygen atoms in total. The summed E-state index contributed by atoms with van der Waals surface area (Å²) in [4.78, 5) is 0. The number of anilines is 1. The Balaban J connectivity index is 2.18. The summed E-state index contributed by atoms with van der Waals surface area (Å²) >= 11 is 0. The van der Waals surface area contributed by atoms with Crippen LogP contribution in [0.1, 0.15) is 5.56 Å². The zero-order valence-corrected chi connectivity index (χ0v) is 7.52. The van der Waals surface area contributed by atoms with Crippen LogP contribution in [0.2, 0.25) is 0 Å². The van der Waals surface area contributed by atoms with Gasteiger partial charge in [-0.15, -0.1) is 0 Å². The van der Waals surface area contributed by atoms with E-state index in [2.05, 4.69) is 5.10 Å². The standard InChI is InChI=1S/C10H10FN3/c11-9-3-1-2-8(4-9)6-14-7-10(12)5-13-14/h1-5,7H,6,12H2. The summed E-state index contributed by atoms with van der Waals surface area (Å²) in [5.74, 6) is -0.234. The van der Waals surface area contributed by atoms with Gasteiger partial charge in [0, 0.05) is 6.20 Å². The Morgan fingerprint density at radius 2 is 2.29 bits per heavy atom. The summed E-state index contributed by atoms with van der Waals surface area (Å²) in [5.41, 5.74) is 6.99. The predicted octanol–water partition coefficient (Wildman–Crippen LogP) is 1.65. The van der Waals surface area contributed by atoms with E-state index in [0.29, 0.717) is 12.2 Å². The van der Waals surface area contributed by atoms with Crippen molar-refractivity contribution in [1.82, 2.24) is 9.78 Å². The molecule has 2 rings (SSSR count). The zero-order chi connectivity index (χ0) is 9.97. The molecular formula is C10H10FN3. The molecule has 0 saturated carbocycles. The summed E-state index contributed by atoms with van der Waals surface area (Å²) in [6.45, 7) is 0.537. The second-order valence-electron chi connectivity index (χ2n) is 3.10. The van der Waals surface area contributed by atoms with Crippen molar-refractivity contribution in [2.45, 2.75) is 6.54 Å². The fraction of sp³-hybridized carbons (Fsp3) is 0.100. The van der Waals surface area contributed by atoms with E-state index in [1.165, 1.54) is 12.1 Å². The molecule has 0 fully saturated rings. The average molecular weight is 191 g/mol. The van der Waals surface area contributed by atoms with E-state index in [-0.39, 0.29) is 5.82 Å². The Morgan fingerprint density at radius 3 is 2.93 bits per heavy atom. The highest BCUT2D eigenvalue weighted by Gasteiger charge is 1.98. The maximum Gasteiger partial charge on any atom is 0.123 e. The van der Waals surface area contributed by atoms with Gasteiger partial charge in [0.1, 0.15) is 5.82 Å². The lowest BCUT2D eigenvalue weighted by molar-refractivity contribution is 0.619. The summed E-state index contributed by atoms with van der Waals surface area (Å²) in [6.07, 6.45) is 3.28. The van der Waals surface area contributed by atoms with Gasteiger partial charge in [0.25, 0.3) is 0 Å². The molecule has 0 spiro atoms. The highest BCUT2D eigenvalue weighted by molar-refractivity contribution is 5.30. The van der Waals surface area contributed by atoms with Gasteiger partial charge in [-0.05, 0) is 17.7 Å². The fourth-order valence-corrected chi connectivity index (χ4v) is 1.29. The van der Waals surface area contributed by atoms with Crippen LogP contribution in [-0.2, 0) is 6.54 Å². The van der Waals surface area contributed by atoms with Gasteiger partial charge in [-0.3, -0.25) is 4.68 Å². The van der Waals surface area contributed by atoms with Gasteiger partial charge in [-0.1, -0.05) is 12.1 Å². The number of benzene rings is 1. The molecule has 1 aromatic heterocycles. The Bertz CT molecular complexity index is 436. The van der Waals surface area contributed by atoms with E-state index in [4.69, 9.17) is 5.73 Å². The van der Waals surface area contributed by atoms with Crippen molar-refractivity contribution in [2.75, 3.05) is 5.73 Å². The molecule has 0 radical (unpaired) electrons. The Kier molecular flexibility index (Phi) is 2.18. The Hall–Kier alpha value is -1.84. The molecule has 4 heteroatoms. The van der Waals surface area contributed by atoms with Crippen LogP contribution in [0.4, 0.5) is 10.1 Å². The molecule has 0 bridgehead atoms. The highest BCUT2D eigenvalue weighted by atomic mass is 19.1. The van der Waals surface area contributed by atoms with Crippen LogP contribution in [0.25, 0.3) is 0 Å². The van der Waals surface area contributed by atoms with E-state index in [1.807, 2.05) is 6.07 Å². The molecule has 72 valence electrons. The van der Waals surface area contributed by atoms with Gasteiger partial charge in [0.15, 0.2) is 0 Å². The third-order valence-electron chi connectivity index (χ3n) is 1.89. The topological polar surface area (TPSA) is 43.8 Å². The minimum Gasteiger partial charge on any atom is -0.396 e. The molecule has 0 unspecified atom stereocenters. The van der Waals surface area contributed by atoms with Crippen LogP contribution in [0.15, 0.2) is 36.7 Å². The molecule has 0 amide bonds. The number of halogens is 1. The number of nitrogen functional groups attached to an aromatic ring is 1. The summed E-state index contributed by atoms with van der Waals surface area (Å²) in [6, 6.07) is 6.43. The predicted molar refractivity (Wildman–Crippen MR) is 52.1 cm³/mol. The Labute approximate surface area is 81.0 Å². The lowest BCUT2D eigenvalue weighted by Gasteiger charge is -2.01. The molecule has 2 aromatic rings. The minimum absolute atomic E-state index is 0.234. The second-order valence-corrected chi connectivity index (χ2v) is 3.10. The maximum absolute atomic E-state index is 12.8. The Morgan fingerprint density at radius 1 is 1.43 bits per heavy atom. The van der Waals surface area contributed by atoms with Crippen molar-refractivity contribution in [3.8, 4) is 0 Å². The van der Waals surface area contributed by atoms with Crippen molar-refractivity contribution in [3.63, 3.8) is 0 Å². The number of nitrogens with two attached hydrogens (primary N) is 1. The monoisotopic (exact) mass is 191 g/mol. The number of hydrogen-bond donors (Lipinski definition) is 1. The molecule has 1 heterocycles. The van der Waals surface area contributed by atoms with E-state index < -0.39 is 0 Å². The third kappa shape index (κ3) is 1.90. The summed E-state index contributed by atoms with van der Waals surface area (Å²) < 4.78 is 14.5. The average Bonchev–Trinajstić information content (AvgIpc) is 2.51. The zero-order valence-electron chi connectivity index (χ0n) is 7.52. The maximum atomic E-state index is 12.8. The number of hydrogen-bond acceptors (Lipinski definition) is 2. The number of nitrogens with zero attached hydrogens (tertiary/aromatic N) is 2. The first-order valence-corrected chi connectivity index (χ1v) is 4.26. The van der Waals surface area contributed by atoms with Gasteiger partial charge >= 0.3 is 0 Å². The van der Waals surface area contributed by atoms with E-state index in [1.54, 1.807) is 23.1 Å². The molecule has 14 heavy (non-hydrogen) atoms. The van der Waals surface area contributed by atoms with Gasteiger partial charge in [-0.2, -0.15) is 5.10 Å². The van der Waals surface area contributed by atoms with Crippen molar-refractivity contribution < 1.29 is 4.39 Å². The smallest absolute Gasteiger partial charge is 0.123 e. The van der Waals surface area contributed by atoms with E-state index in [0.717, 1.165) is 5.56 Å². The van der Waals surface area contributed by atoms with Crippen molar-refractivity contribution in [3.05, 3.63) is 48.0 Å². The molecule has 0 atom stereocenters. The van der Waals surface area contributed by atoms with Crippen LogP contribution in [0.3, 0.4) is 0 Å². The van der Waals surface area contributed by atoms with E-state index in [9.17, 15) is 4.39 Å². The van der Waals surface area contributed by atoms with Gasteiger partial charge < -0.3 is 5.73 Å². The quantitative estimate of drug-likeness (QED) is 0.784. The number of aromatic nitrogens is 2. The van der Waals surface area contributed by atoms with Crippen LogP contribution in [-0.4, -0.2) is 9.78 Å². The van der Waals surface area contributed by atoms with Crippen LogP contribution < -0.4 is 5.73 Å². The fourth-order valence-electron chi connectivity index (χ4n) is 1.29. The summed E-state index contributed by atoms with van der Waals surface area (Å²) in [5, 5.41) is 4.01. The van der Waals surface area contributed by atoms with Crippen LogP contribution in [0, 0.1) is 5.82 Å². The van der Waals surface area contributed by atoms with Gasteiger partial charge in [0.05, 0.1) is 18.4 Å². The lowest BCUT2D eigenvalue weighted by atomic mass is 10.2. The molecule has 1 aromatic carbocycles. The first-order chi connectivity index (χ1) is 6.74. The first kappa shape index (κ1) is 8.74. The normalized spacial score (nSPS) is 10.4. The van der Waals surface area contributed by atoms with Crippen LogP contribution >= 0.6 is 0 Å². The van der Waals surface area contributed by atoms with E-state index >= 15 is 0 Å². The molecule has 2 N–H and O–H groups in total. The molecule has 0 aliphatic rings. The second kappa shape index (κ2) is 3.49. The molecule has 0 saturated heterocycles. The minimum atomic E-state index is -0.234. The molecule has 0 aliphatic heterocycles. The largest absolute Gasteiger partial charge is 0.396 e. The van der Waals surface area contributed by atoms with Gasteiger partial charge in [0.2, 0.25) is 0 Å². The molecule has 0 aliphatic carbocycles. The SMILES string of the molecule is Nc1cnn(Cc2cccc(F)c2)c1.